The summed E-state index contributed by atoms with van der Waals surface area (Å²) in [5.74, 6) is -1.45. The number of ether oxygens (including phenoxy) is 3. The van der Waals surface area contributed by atoms with Crippen LogP contribution < -0.4 is 34.7 Å². The van der Waals surface area contributed by atoms with E-state index in [4.69, 9.17) is 18.8 Å². The van der Waals surface area contributed by atoms with Crippen molar-refractivity contribution in [1.29, 1.82) is 0 Å². The molecule has 0 amide bonds. The molecule has 1 fully saturated rings. The van der Waals surface area contributed by atoms with Crippen LogP contribution in [0, 0.1) is 0 Å². The molecule has 184 valence electrons. The van der Waals surface area contributed by atoms with Crippen molar-refractivity contribution in [2.45, 2.75) is 44.2 Å². The Balaban J connectivity index is 0.00000432. The summed E-state index contributed by atoms with van der Waals surface area (Å²) >= 11 is 0. The van der Waals surface area contributed by atoms with Crippen LogP contribution in [0.5, 0.6) is 0 Å². The smallest absolute Gasteiger partial charge is 0.862 e. The van der Waals surface area contributed by atoms with Crippen LogP contribution in [0.15, 0.2) is 65.7 Å². The van der Waals surface area contributed by atoms with Gasteiger partial charge in [0.1, 0.15) is 18.2 Å². The van der Waals surface area contributed by atoms with Crippen molar-refractivity contribution in [1.82, 2.24) is 0 Å². The standard InChI is InChI=1S/C22H25NO10S.Na/c1-14(24)23-18-20(33-21(26)16-10-6-3-7-11-16)19(25)17(13-31-34(27,28)29)32-22(18)30-12-15-8-4-2-5-9-15;/h2-11,17-20,22,25H,12-13H2,1H3,(H,23,24)(H,27,28,29);/q;+1/p-1/t17-,18-,19-,20+,22-;/m1./s1. The van der Waals surface area contributed by atoms with Gasteiger partial charge in [-0.05, 0) is 30.5 Å². The maximum Gasteiger partial charge on any atom is 1.00 e. The molecule has 35 heavy (non-hydrogen) atoms. The third kappa shape index (κ3) is 8.94. The van der Waals surface area contributed by atoms with E-state index in [0.717, 1.165) is 5.56 Å². The van der Waals surface area contributed by atoms with Gasteiger partial charge in [0.2, 0.25) is 0 Å². The Bertz CT molecular complexity index is 1080. The minimum Gasteiger partial charge on any atom is -0.862 e. The molecule has 1 aliphatic heterocycles. The average molecular weight is 517 g/mol. The summed E-state index contributed by atoms with van der Waals surface area (Å²) in [6, 6.07) is 15.6. The largest absolute Gasteiger partial charge is 1.00 e. The Kier molecular flexibility index (Phi) is 11.3. The Morgan fingerprint density at radius 2 is 1.71 bits per heavy atom. The molecular formula is C22H24NNaO10S. The molecule has 5 atom stereocenters. The van der Waals surface area contributed by atoms with E-state index >= 15 is 0 Å². The molecule has 3 rings (SSSR count). The topological polar surface area (TPSA) is 164 Å². The molecule has 0 bridgehead atoms. The number of nitrogens with zero attached hydrogens (tertiary/aromatic N) is 1. The van der Waals surface area contributed by atoms with Crippen LogP contribution in [0.1, 0.15) is 22.8 Å². The molecular weight excluding hydrogens is 493 g/mol. The normalized spacial score (nSPS) is 24.9. The van der Waals surface area contributed by atoms with Gasteiger partial charge in [-0.2, -0.15) is 8.42 Å². The molecule has 0 spiro atoms. The first kappa shape index (κ1) is 29.4. The number of esters is 1. The first-order valence-electron chi connectivity index (χ1n) is 10.2. The number of aliphatic hydroxyl groups is 1. The molecule has 2 N–H and O–H groups in total. The fourth-order valence-electron chi connectivity index (χ4n) is 3.33. The van der Waals surface area contributed by atoms with Gasteiger partial charge in [-0.15, -0.1) is 0 Å². The van der Waals surface area contributed by atoms with Crippen LogP contribution in [0.25, 0.3) is 0 Å². The molecule has 2 aromatic rings. The molecule has 13 heteroatoms. The fraction of sp³-hybridized carbons (Fsp3) is 0.364. The van der Waals surface area contributed by atoms with Crippen molar-refractivity contribution in [3.63, 3.8) is 0 Å². The summed E-state index contributed by atoms with van der Waals surface area (Å²) in [6.07, 6.45) is -5.86. The third-order valence-electron chi connectivity index (χ3n) is 4.86. The van der Waals surface area contributed by atoms with E-state index in [2.05, 4.69) is 9.18 Å². The average Bonchev–Trinajstić information content (AvgIpc) is 2.80. The van der Waals surface area contributed by atoms with E-state index < -0.39 is 59.5 Å². The van der Waals surface area contributed by atoms with Crippen LogP contribution in [-0.4, -0.2) is 67.2 Å². The van der Waals surface area contributed by atoms with Gasteiger partial charge >= 0.3 is 45.9 Å². The van der Waals surface area contributed by atoms with Gasteiger partial charge < -0.3 is 24.4 Å². The number of benzene rings is 2. The number of carbonyl (C=O) groups is 1. The van der Waals surface area contributed by atoms with E-state index in [1.54, 1.807) is 42.5 Å². The van der Waals surface area contributed by atoms with Crippen LogP contribution in [-0.2, 0) is 35.4 Å². The quantitative estimate of drug-likeness (QED) is 0.119. The minimum atomic E-state index is -4.85. The predicted octanol–water partition coefficient (Wildman–Crippen LogP) is -2.51. The van der Waals surface area contributed by atoms with Crippen molar-refractivity contribution in [2.24, 2.45) is 4.99 Å². The van der Waals surface area contributed by atoms with Crippen LogP contribution >= 0.6 is 0 Å². The molecule has 1 heterocycles. The first-order valence-corrected chi connectivity index (χ1v) is 11.6. The van der Waals surface area contributed by atoms with E-state index in [9.17, 15) is 23.4 Å². The van der Waals surface area contributed by atoms with Crippen molar-refractivity contribution in [2.75, 3.05) is 6.61 Å². The summed E-state index contributed by atoms with van der Waals surface area (Å²) in [4.78, 5) is 16.6. The summed E-state index contributed by atoms with van der Waals surface area (Å²) in [5, 5.41) is 22.7. The van der Waals surface area contributed by atoms with E-state index in [1.807, 2.05) is 6.07 Å². The van der Waals surface area contributed by atoms with Crippen LogP contribution in [0.3, 0.4) is 0 Å². The molecule has 11 nitrogen and oxygen atoms in total. The Hall–Kier alpha value is -1.87. The van der Waals surface area contributed by atoms with Gasteiger partial charge in [0.25, 0.3) is 0 Å². The third-order valence-corrected chi connectivity index (χ3v) is 5.30. The van der Waals surface area contributed by atoms with E-state index in [-0.39, 0.29) is 41.7 Å². The predicted molar refractivity (Wildman–Crippen MR) is 116 cm³/mol. The molecule has 0 radical (unpaired) electrons. The van der Waals surface area contributed by atoms with E-state index in [1.165, 1.54) is 19.1 Å². The monoisotopic (exact) mass is 517 g/mol. The molecule has 1 aliphatic rings. The zero-order chi connectivity index (χ0) is 24.7. The maximum absolute atomic E-state index is 12.7. The van der Waals surface area contributed by atoms with Crippen molar-refractivity contribution in [3.8, 4) is 0 Å². The second-order valence-corrected chi connectivity index (χ2v) is 8.51. The molecule has 1 saturated heterocycles. The summed E-state index contributed by atoms with van der Waals surface area (Å²) in [6.45, 7) is 0.373. The Morgan fingerprint density at radius 3 is 2.29 bits per heavy atom. The molecule has 2 aromatic carbocycles. The summed E-state index contributed by atoms with van der Waals surface area (Å²) < 4.78 is 52.3. The Morgan fingerprint density at radius 1 is 1.11 bits per heavy atom. The summed E-state index contributed by atoms with van der Waals surface area (Å²) in [5.41, 5.74) is 0.928. The maximum atomic E-state index is 12.7. The summed E-state index contributed by atoms with van der Waals surface area (Å²) in [7, 11) is -4.85. The van der Waals surface area contributed by atoms with Gasteiger partial charge in [-0.1, -0.05) is 48.5 Å². The van der Waals surface area contributed by atoms with Gasteiger partial charge in [-0.25, -0.2) is 8.98 Å². The minimum absolute atomic E-state index is 0. The van der Waals surface area contributed by atoms with Crippen molar-refractivity contribution in [3.05, 3.63) is 71.8 Å². The zero-order valence-corrected chi connectivity index (χ0v) is 21.9. The number of aliphatic hydroxyl groups excluding tert-OH is 1. The van der Waals surface area contributed by atoms with Crippen molar-refractivity contribution < 1.29 is 75.9 Å². The first-order chi connectivity index (χ1) is 16.1. The van der Waals surface area contributed by atoms with Gasteiger partial charge in [-0.3, -0.25) is 9.55 Å². The molecule has 0 aliphatic carbocycles. The van der Waals surface area contributed by atoms with Gasteiger partial charge in [0.15, 0.2) is 12.4 Å². The zero-order valence-electron chi connectivity index (χ0n) is 19.1. The van der Waals surface area contributed by atoms with E-state index in [0.29, 0.717) is 0 Å². The fourth-order valence-corrected chi connectivity index (χ4v) is 3.64. The van der Waals surface area contributed by atoms with Crippen LogP contribution in [0.4, 0.5) is 0 Å². The number of aliphatic imine (C=N–C) groups is 1. The molecule has 0 saturated carbocycles. The van der Waals surface area contributed by atoms with Crippen LogP contribution in [0.2, 0.25) is 0 Å². The Labute approximate surface area is 224 Å². The second kappa shape index (κ2) is 13.4. The molecule has 0 aromatic heterocycles. The number of hydrogen-bond donors (Lipinski definition) is 2. The SMILES string of the molecule is CC([O-])=N[C@H]1[C@H](OCc2ccccc2)O[C@H](COS(=O)(=O)O)[C@@H](O)[C@H]1OC(=O)c1ccccc1.[Na+]. The van der Waals surface area contributed by atoms with Gasteiger partial charge in [0, 0.05) is 0 Å². The number of rotatable bonds is 9. The molecule has 0 unspecified atom stereocenters. The number of carbonyl (C=O) groups excluding carboxylic acids is 1. The second-order valence-electron chi connectivity index (χ2n) is 7.42. The van der Waals surface area contributed by atoms with Crippen molar-refractivity contribution >= 4 is 22.3 Å². The number of hydrogen-bond acceptors (Lipinski definition) is 10. The van der Waals surface area contributed by atoms with Gasteiger partial charge in [0.05, 0.1) is 18.8 Å².